The van der Waals surface area contributed by atoms with Gasteiger partial charge in [-0.1, -0.05) is 60.5 Å². The molecule has 0 spiro atoms. The molecule has 2 aromatic carbocycles. The fourth-order valence-electron chi connectivity index (χ4n) is 6.55. The second-order valence-corrected chi connectivity index (χ2v) is 17.5. The number of rotatable bonds is 10. The number of likely N-dealkylation sites (tertiary alicyclic amines) is 1. The van der Waals surface area contributed by atoms with Gasteiger partial charge in [-0.25, -0.2) is 8.42 Å². The lowest BCUT2D eigenvalue weighted by atomic mass is 9.66. The summed E-state index contributed by atoms with van der Waals surface area (Å²) in [5.41, 5.74) is 2.16. The fourth-order valence-corrected chi connectivity index (χ4v) is 8.26. The van der Waals surface area contributed by atoms with Gasteiger partial charge in [0, 0.05) is 40.3 Å². The minimum Gasteiger partial charge on any atom is -0.481 e. The van der Waals surface area contributed by atoms with E-state index in [1.165, 1.54) is 0 Å². The van der Waals surface area contributed by atoms with Crippen LogP contribution in [0.2, 0.25) is 10.0 Å². The zero-order chi connectivity index (χ0) is 32.7. The maximum Gasteiger partial charge on any atom is 0.307 e. The molecule has 2 fully saturated rings. The molecule has 240 valence electrons. The lowest BCUT2D eigenvalue weighted by Crippen LogP contribution is -2.59. The molecule has 4 atom stereocenters. The molecule has 10 heteroatoms. The summed E-state index contributed by atoms with van der Waals surface area (Å²) in [4.78, 5) is 32.7. The minimum absolute atomic E-state index is 0.0664. The third-order valence-corrected chi connectivity index (χ3v) is 12.4. The summed E-state index contributed by atoms with van der Waals surface area (Å²) in [5, 5.41) is 10.3. The maximum atomic E-state index is 15.0. The molecule has 1 aromatic heterocycles. The molecule has 1 N–H and O–H groups in total. The smallest absolute Gasteiger partial charge is 0.307 e. The number of benzene rings is 2. The number of carboxylic acid groups (broad SMARTS) is 1. The highest BCUT2D eigenvalue weighted by molar-refractivity contribution is 7.92. The highest BCUT2D eigenvalue weighted by atomic mass is 35.5. The highest BCUT2D eigenvalue weighted by Crippen LogP contribution is 2.54. The Hall–Kier alpha value is -2.94. The largest absolute Gasteiger partial charge is 0.481 e. The summed E-state index contributed by atoms with van der Waals surface area (Å²) in [6, 6.07) is 17.7. The summed E-state index contributed by atoms with van der Waals surface area (Å²) < 4.78 is 26.5. The van der Waals surface area contributed by atoms with Crippen molar-refractivity contribution in [3.8, 4) is 0 Å². The molecule has 0 unspecified atom stereocenters. The van der Waals surface area contributed by atoms with E-state index >= 15 is 4.79 Å². The number of aromatic nitrogens is 1. The topological polar surface area (TPSA) is 105 Å². The number of hydrogen-bond acceptors (Lipinski definition) is 5. The molecular weight excluding hydrogens is 631 g/mol. The van der Waals surface area contributed by atoms with Crippen LogP contribution in [0.1, 0.15) is 81.3 Å². The molecule has 2 aliphatic rings. The Bertz CT molecular complexity index is 1670. The first-order valence-electron chi connectivity index (χ1n) is 15.3. The van der Waals surface area contributed by atoms with Gasteiger partial charge in [0.2, 0.25) is 5.91 Å². The normalized spacial score (nSPS) is 23.2. The van der Waals surface area contributed by atoms with Gasteiger partial charge in [0.25, 0.3) is 0 Å². The number of carbonyl (C=O) groups is 2. The van der Waals surface area contributed by atoms with Crippen molar-refractivity contribution in [3.05, 3.63) is 99.3 Å². The van der Waals surface area contributed by atoms with Gasteiger partial charge in [-0.3, -0.25) is 14.6 Å². The molecule has 1 saturated carbocycles. The van der Waals surface area contributed by atoms with Crippen molar-refractivity contribution >= 4 is 44.9 Å². The number of amides is 1. The van der Waals surface area contributed by atoms with Crippen LogP contribution in [0.5, 0.6) is 0 Å². The van der Waals surface area contributed by atoms with Crippen LogP contribution in [-0.4, -0.2) is 51.8 Å². The Morgan fingerprint density at radius 3 is 2.29 bits per heavy atom. The SMILES string of the molecule is CC(C)(C)S(=O)(=O)C[C@H](C1CC1)N1C(=O)[C@@](C)(Cc2ccc(CC(=O)O)cn2)C[C@H](c2cccc(Cl)c2)[C@H]1c1ccc(Cl)cc1. The number of piperidine rings is 1. The van der Waals surface area contributed by atoms with Crippen LogP contribution in [0, 0.1) is 11.3 Å². The first-order chi connectivity index (χ1) is 21.1. The van der Waals surface area contributed by atoms with Crippen molar-refractivity contribution in [3.63, 3.8) is 0 Å². The number of carbonyl (C=O) groups excluding carboxylic acids is 1. The van der Waals surface area contributed by atoms with Crippen molar-refractivity contribution in [2.75, 3.05) is 5.75 Å². The molecule has 1 aliphatic carbocycles. The van der Waals surface area contributed by atoms with Crippen LogP contribution in [0.15, 0.2) is 66.9 Å². The summed E-state index contributed by atoms with van der Waals surface area (Å²) in [6.07, 6.45) is 3.90. The Kier molecular flexibility index (Phi) is 9.43. The molecular formula is C35H40Cl2N2O5S. The summed E-state index contributed by atoms with van der Waals surface area (Å²) >= 11 is 12.8. The van der Waals surface area contributed by atoms with Gasteiger partial charge in [-0.15, -0.1) is 0 Å². The van der Waals surface area contributed by atoms with Gasteiger partial charge >= 0.3 is 5.97 Å². The first kappa shape index (κ1) is 33.4. The van der Waals surface area contributed by atoms with Gasteiger partial charge in [-0.2, -0.15) is 0 Å². The highest BCUT2D eigenvalue weighted by Gasteiger charge is 2.55. The summed E-state index contributed by atoms with van der Waals surface area (Å²) in [7, 11) is -3.58. The molecule has 2 heterocycles. The van der Waals surface area contributed by atoms with Crippen molar-refractivity contribution < 1.29 is 23.1 Å². The monoisotopic (exact) mass is 670 g/mol. The van der Waals surface area contributed by atoms with Crippen LogP contribution in [0.25, 0.3) is 0 Å². The second kappa shape index (κ2) is 12.7. The fraction of sp³-hybridized carbons (Fsp3) is 0.457. The molecule has 7 nitrogen and oxygen atoms in total. The van der Waals surface area contributed by atoms with E-state index < -0.39 is 38.1 Å². The van der Waals surface area contributed by atoms with Gasteiger partial charge in [0.15, 0.2) is 9.84 Å². The second-order valence-electron chi connectivity index (χ2n) is 13.8. The van der Waals surface area contributed by atoms with E-state index in [1.54, 1.807) is 39.1 Å². The lowest BCUT2D eigenvalue weighted by Gasteiger charge is -2.52. The van der Waals surface area contributed by atoms with E-state index in [1.807, 2.05) is 60.4 Å². The lowest BCUT2D eigenvalue weighted by molar-refractivity contribution is -0.154. The molecule has 1 aliphatic heterocycles. The van der Waals surface area contributed by atoms with Crippen LogP contribution in [0.4, 0.5) is 0 Å². The molecule has 0 bridgehead atoms. The van der Waals surface area contributed by atoms with Crippen LogP contribution < -0.4 is 0 Å². The predicted octanol–water partition coefficient (Wildman–Crippen LogP) is 7.31. The van der Waals surface area contributed by atoms with Crippen molar-refractivity contribution in [2.24, 2.45) is 11.3 Å². The van der Waals surface area contributed by atoms with Crippen LogP contribution in [-0.2, 0) is 32.3 Å². The minimum atomic E-state index is -3.58. The predicted molar refractivity (Wildman–Crippen MR) is 177 cm³/mol. The van der Waals surface area contributed by atoms with E-state index in [4.69, 9.17) is 23.2 Å². The molecule has 45 heavy (non-hydrogen) atoms. The van der Waals surface area contributed by atoms with Crippen LogP contribution >= 0.6 is 23.2 Å². The zero-order valence-corrected chi connectivity index (χ0v) is 28.4. The van der Waals surface area contributed by atoms with E-state index in [-0.39, 0.29) is 29.9 Å². The average molecular weight is 672 g/mol. The Morgan fingerprint density at radius 1 is 1.04 bits per heavy atom. The first-order valence-corrected chi connectivity index (χ1v) is 17.7. The third kappa shape index (κ3) is 7.39. The van der Waals surface area contributed by atoms with Gasteiger partial charge < -0.3 is 10.0 Å². The van der Waals surface area contributed by atoms with Crippen molar-refractivity contribution in [1.29, 1.82) is 0 Å². The summed E-state index contributed by atoms with van der Waals surface area (Å²) in [5.74, 6) is -1.33. The number of aliphatic carboxylic acids is 1. The van der Waals surface area contributed by atoms with Crippen molar-refractivity contribution in [1.82, 2.24) is 9.88 Å². The number of nitrogens with zero attached hydrogens (tertiary/aromatic N) is 2. The molecule has 1 saturated heterocycles. The third-order valence-electron chi connectivity index (χ3n) is 9.25. The quantitative estimate of drug-likeness (QED) is 0.242. The van der Waals surface area contributed by atoms with E-state index in [2.05, 4.69) is 4.98 Å². The Balaban J connectivity index is 1.66. The molecule has 0 radical (unpaired) electrons. The van der Waals surface area contributed by atoms with Crippen LogP contribution in [0.3, 0.4) is 0 Å². The van der Waals surface area contributed by atoms with Gasteiger partial charge in [0.1, 0.15) is 0 Å². The number of sulfone groups is 1. The van der Waals surface area contributed by atoms with E-state index in [0.29, 0.717) is 34.1 Å². The van der Waals surface area contributed by atoms with Gasteiger partial charge in [-0.05, 0) is 93.0 Å². The average Bonchev–Trinajstić information content (AvgIpc) is 3.80. The molecule has 1 amide bonds. The number of hydrogen-bond donors (Lipinski definition) is 1. The van der Waals surface area contributed by atoms with E-state index in [0.717, 1.165) is 24.0 Å². The summed E-state index contributed by atoms with van der Waals surface area (Å²) in [6.45, 7) is 7.06. The number of carboxylic acids is 1. The molecule has 5 rings (SSSR count). The Morgan fingerprint density at radius 2 is 1.73 bits per heavy atom. The number of pyridine rings is 1. The standard InChI is InChI=1S/C35H40Cl2N2O5S/c1-34(2,3)45(43,44)21-30(23-9-10-23)39-32(24-11-13-26(36)14-12-24)29(25-6-5-7-27(37)17-25)19-35(4,33(39)42)18-28-15-8-22(20-38-28)16-31(40)41/h5-8,11-15,17,20,23,29-30,32H,9-10,16,18-19,21H2,1-4H3,(H,40,41)/t29-,30-,32-,35+/m1/s1. The Labute approximate surface area is 275 Å². The zero-order valence-electron chi connectivity index (χ0n) is 26.0. The maximum absolute atomic E-state index is 15.0. The number of halogens is 2. The molecule has 3 aromatic rings. The van der Waals surface area contributed by atoms with E-state index in [9.17, 15) is 18.3 Å². The van der Waals surface area contributed by atoms with Crippen molar-refractivity contribution in [2.45, 2.75) is 82.5 Å². The van der Waals surface area contributed by atoms with Gasteiger partial charge in [0.05, 0.1) is 28.4 Å².